The van der Waals surface area contributed by atoms with Crippen molar-refractivity contribution in [3.63, 3.8) is 0 Å². The molecule has 0 aromatic carbocycles. The summed E-state index contributed by atoms with van der Waals surface area (Å²) in [6, 6.07) is 1.27. The number of hydrogen-bond acceptors (Lipinski definition) is 2. The van der Waals surface area contributed by atoms with Gasteiger partial charge in [-0.05, 0) is 38.8 Å². The first-order valence-electron chi connectivity index (χ1n) is 6.99. The molecule has 1 unspecified atom stereocenters. The van der Waals surface area contributed by atoms with Gasteiger partial charge in [0, 0.05) is 19.1 Å². The summed E-state index contributed by atoms with van der Waals surface area (Å²) >= 11 is 0. The van der Waals surface area contributed by atoms with Gasteiger partial charge in [0.05, 0.1) is 6.54 Å². The molecule has 2 N–H and O–H groups in total. The predicted octanol–water partition coefficient (Wildman–Crippen LogP) is 1.27. The highest BCUT2D eigenvalue weighted by Crippen LogP contribution is 2.25. The van der Waals surface area contributed by atoms with Crippen LogP contribution in [0.25, 0.3) is 0 Å². The quantitative estimate of drug-likeness (QED) is 0.592. The Morgan fingerprint density at radius 2 is 2.12 bits per heavy atom. The lowest BCUT2D eigenvalue weighted by Gasteiger charge is -2.34. The Balaban J connectivity index is 1.84. The van der Waals surface area contributed by atoms with E-state index in [1.54, 1.807) is 0 Å². The highest BCUT2D eigenvalue weighted by atomic mass is 15.3. The average Bonchev–Trinajstić information content (AvgIpc) is 3.19. The van der Waals surface area contributed by atoms with Crippen LogP contribution in [-0.2, 0) is 0 Å². The van der Waals surface area contributed by atoms with Crippen molar-refractivity contribution in [3.05, 3.63) is 0 Å². The second-order valence-electron chi connectivity index (χ2n) is 5.32. The number of nitrogens with zero attached hydrogens (tertiary/aromatic N) is 3. The van der Waals surface area contributed by atoms with Gasteiger partial charge in [0.1, 0.15) is 0 Å². The van der Waals surface area contributed by atoms with Gasteiger partial charge in [-0.1, -0.05) is 13.3 Å². The first-order valence-corrected chi connectivity index (χ1v) is 6.99. The monoisotopic (exact) mass is 238 g/mol. The van der Waals surface area contributed by atoms with E-state index in [9.17, 15) is 0 Å². The van der Waals surface area contributed by atoms with Gasteiger partial charge in [0.2, 0.25) is 0 Å². The van der Waals surface area contributed by atoms with Crippen molar-refractivity contribution in [2.45, 2.75) is 51.1 Å². The Morgan fingerprint density at radius 3 is 2.76 bits per heavy atom. The van der Waals surface area contributed by atoms with Crippen LogP contribution in [0.1, 0.15) is 39.0 Å². The van der Waals surface area contributed by atoms with Gasteiger partial charge in [-0.25, -0.2) is 0 Å². The molecule has 1 aliphatic heterocycles. The molecule has 17 heavy (non-hydrogen) atoms. The third-order valence-corrected chi connectivity index (χ3v) is 4.08. The summed E-state index contributed by atoms with van der Waals surface area (Å²) in [5, 5.41) is 0. The maximum Gasteiger partial charge on any atom is 0.191 e. The van der Waals surface area contributed by atoms with Crippen molar-refractivity contribution in [3.8, 4) is 0 Å². The molecule has 0 spiro atoms. The van der Waals surface area contributed by atoms with Gasteiger partial charge in [0.25, 0.3) is 0 Å². The van der Waals surface area contributed by atoms with Crippen LogP contribution in [0.2, 0.25) is 0 Å². The molecule has 2 fully saturated rings. The molecule has 0 aromatic heterocycles. The Morgan fingerprint density at radius 1 is 1.35 bits per heavy atom. The van der Waals surface area contributed by atoms with Gasteiger partial charge in [0.15, 0.2) is 5.96 Å². The van der Waals surface area contributed by atoms with Crippen LogP contribution in [0.5, 0.6) is 0 Å². The Labute approximate surface area is 105 Å². The Bertz CT molecular complexity index is 273. The van der Waals surface area contributed by atoms with Gasteiger partial charge >= 0.3 is 0 Å². The van der Waals surface area contributed by atoms with E-state index in [1.165, 1.54) is 38.6 Å². The van der Waals surface area contributed by atoms with Crippen LogP contribution in [0.4, 0.5) is 0 Å². The Kier molecular flexibility index (Phi) is 4.26. The standard InChI is InChI=1S/C13H26N4/c1-3-17-9-5-4-6-12(17)10-15-13(14)16(2)11-7-8-11/h11-12H,3-10H2,1-2H3,(H2,14,15). The summed E-state index contributed by atoms with van der Waals surface area (Å²) in [6.07, 6.45) is 6.51. The number of piperidine rings is 1. The van der Waals surface area contributed by atoms with Crippen LogP contribution in [-0.4, -0.2) is 54.5 Å². The maximum absolute atomic E-state index is 6.02. The minimum absolute atomic E-state index is 0.611. The molecule has 0 amide bonds. The molecule has 1 saturated heterocycles. The summed E-state index contributed by atoms with van der Waals surface area (Å²) in [5.74, 6) is 0.731. The molecule has 0 bridgehead atoms. The van der Waals surface area contributed by atoms with E-state index < -0.39 is 0 Å². The molecule has 1 atom stereocenters. The molecule has 2 aliphatic rings. The van der Waals surface area contributed by atoms with Gasteiger partial charge < -0.3 is 10.6 Å². The molecule has 4 nitrogen and oxygen atoms in total. The number of rotatable bonds is 4. The molecule has 2 rings (SSSR count). The number of guanidine groups is 1. The van der Waals surface area contributed by atoms with Crippen LogP contribution >= 0.6 is 0 Å². The lowest BCUT2D eigenvalue weighted by Crippen LogP contribution is -2.42. The van der Waals surface area contributed by atoms with Gasteiger partial charge in [-0.15, -0.1) is 0 Å². The van der Waals surface area contributed by atoms with Crippen molar-refractivity contribution in [1.82, 2.24) is 9.80 Å². The number of likely N-dealkylation sites (N-methyl/N-ethyl adjacent to an activating group) is 1. The van der Waals surface area contributed by atoms with Crippen molar-refractivity contribution < 1.29 is 0 Å². The molecule has 1 aliphatic carbocycles. The highest BCUT2D eigenvalue weighted by molar-refractivity contribution is 5.78. The molecule has 1 saturated carbocycles. The first-order chi connectivity index (χ1) is 8.22. The number of likely N-dealkylation sites (tertiary alicyclic amines) is 1. The minimum atomic E-state index is 0.611. The second-order valence-corrected chi connectivity index (χ2v) is 5.32. The van der Waals surface area contributed by atoms with Crippen LogP contribution < -0.4 is 5.73 Å². The van der Waals surface area contributed by atoms with E-state index in [0.29, 0.717) is 12.1 Å². The van der Waals surface area contributed by atoms with E-state index in [2.05, 4.69) is 28.8 Å². The smallest absolute Gasteiger partial charge is 0.191 e. The summed E-state index contributed by atoms with van der Waals surface area (Å²) < 4.78 is 0. The SMILES string of the molecule is CCN1CCCCC1CN=C(N)N(C)C1CC1. The molecular formula is C13H26N4. The van der Waals surface area contributed by atoms with Crippen molar-refractivity contribution in [1.29, 1.82) is 0 Å². The lowest BCUT2D eigenvalue weighted by atomic mass is 10.0. The molecule has 4 heteroatoms. The average molecular weight is 238 g/mol. The zero-order chi connectivity index (χ0) is 12.3. The van der Waals surface area contributed by atoms with Crippen LogP contribution in [0, 0.1) is 0 Å². The highest BCUT2D eigenvalue weighted by Gasteiger charge is 2.27. The molecule has 1 heterocycles. The number of aliphatic imine (C=N–C) groups is 1. The summed E-state index contributed by atoms with van der Waals surface area (Å²) in [5.41, 5.74) is 6.02. The zero-order valence-corrected chi connectivity index (χ0v) is 11.2. The van der Waals surface area contributed by atoms with E-state index in [0.717, 1.165) is 19.0 Å². The fourth-order valence-corrected chi connectivity index (χ4v) is 2.64. The van der Waals surface area contributed by atoms with E-state index >= 15 is 0 Å². The first kappa shape index (κ1) is 12.7. The zero-order valence-electron chi connectivity index (χ0n) is 11.2. The third-order valence-electron chi connectivity index (χ3n) is 4.08. The largest absolute Gasteiger partial charge is 0.370 e. The summed E-state index contributed by atoms with van der Waals surface area (Å²) in [7, 11) is 2.06. The normalized spacial score (nSPS) is 27.2. The van der Waals surface area contributed by atoms with Crippen molar-refractivity contribution in [2.75, 3.05) is 26.7 Å². The van der Waals surface area contributed by atoms with Crippen molar-refractivity contribution >= 4 is 5.96 Å². The number of hydrogen-bond donors (Lipinski definition) is 1. The van der Waals surface area contributed by atoms with Crippen LogP contribution in [0.15, 0.2) is 4.99 Å². The number of nitrogens with two attached hydrogens (primary N) is 1. The fourth-order valence-electron chi connectivity index (χ4n) is 2.64. The third kappa shape index (κ3) is 3.35. The molecular weight excluding hydrogens is 212 g/mol. The molecule has 0 radical (unpaired) electrons. The Hall–Kier alpha value is -0.770. The topological polar surface area (TPSA) is 44.9 Å². The van der Waals surface area contributed by atoms with Gasteiger partial charge in [-0.3, -0.25) is 9.89 Å². The van der Waals surface area contributed by atoms with E-state index in [1.807, 2.05) is 0 Å². The van der Waals surface area contributed by atoms with E-state index in [-0.39, 0.29) is 0 Å². The lowest BCUT2D eigenvalue weighted by molar-refractivity contribution is 0.161. The van der Waals surface area contributed by atoms with Crippen LogP contribution in [0.3, 0.4) is 0 Å². The van der Waals surface area contributed by atoms with E-state index in [4.69, 9.17) is 5.73 Å². The fraction of sp³-hybridized carbons (Fsp3) is 0.923. The van der Waals surface area contributed by atoms with Crippen molar-refractivity contribution in [2.24, 2.45) is 10.7 Å². The predicted molar refractivity (Wildman–Crippen MR) is 72.2 cm³/mol. The molecule has 98 valence electrons. The summed E-state index contributed by atoms with van der Waals surface area (Å²) in [4.78, 5) is 9.26. The van der Waals surface area contributed by atoms with Gasteiger partial charge in [-0.2, -0.15) is 0 Å². The maximum atomic E-state index is 6.02. The summed E-state index contributed by atoms with van der Waals surface area (Å²) in [6.45, 7) is 5.48. The molecule has 0 aromatic rings. The second kappa shape index (κ2) is 5.71. The minimum Gasteiger partial charge on any atom is -0.370 e.